The Labute approximate surface area is 206 Å². The molecule has 0 saturated carbocycles. The van der Waals surface area contributed by atoms with Crippen LogP contribution < -0.4 is 24.2 Å². The number of nitrogens with one attached hydrogen (secondary N) is 2. The van der Waals surface area contributed by atoms with E-state index in [0.717, 1.165) is 30.6 Å². The first-order chi connectivity index (χ1) is 17.1. The first-order valence-electron chi connectivity index (χ1n) is 11.3. The van der Waals surface area contributed by atoms with Crippen LogP contribution in [-0.4, -0.2) is 43.8 Å². The molecule has 0 bridgehead atoms. The summed E-state index contributed by atoms with van der Waals surface area (Å²) in [6.07, 6.45) is 1.10. The standard InChI is InChI=1S/C26H27N3O5S/c1-31-20-9-6-10-21(32-2)25(20)35(30)29-26-24-22(33-3)13-17(14-23(24)34-28-26)19-8-5-4-7-18(19)16-11-12-27-15-16/h4-10,13-14,16,27H,11-12,15H2,1-3H3,(H,28,29). The van der Waals surface area contributed by atoms with Gasteiger partial charge in [0.05, 0.1) is 21.3 Å². The van der Waals surface area contributed by atoms with E-state index in [1.807, 2.05) is 18.2 Å². The molecule has 1 aliphatic heterocycles. The maximum atomic E-state index is 13.3. The van der Waals surface area contributed by atoms with Crippen LogP contribution in [0.4, 0.5) is 5.82 Å². The number of benzene rings is 3. The Balaban J connectivity index is 1.54. The summed E-state index contributed by atoms with van der Waals surface area (Å²) >= 11 is 0. The van der Waals surface area contributed by atoms with Crippen molar-refractivity contribution in [1.29, 1.82) is 0 Å². The van der Waals surface area contributed by atoms with Crippen molar-refractivity contribution in [1.82, 2.24) is 10.5 Å². The molecule has 1 aromatic heterocycles. The van der Waals surface area contributed by atoms with Gasteiger partial charge in [-0.2, -0.15) is 0 Å². The van der Waals surface area contributed by atoms with Crippen LogP contribution in [0, 0.1) is 0 Å². The highest BCUT2D eigenvalue weighted by Gasteiger charge is 2.24. The molecule has 2 atom stereocenters. The molecule has 2 N–H and O–H groups in total. The fourth-order valence-corrected chi connectivity index (χ4v) is 5.68. The monoisotopic (exact) mass is 493 g/mol. The van der Waals surface area contributed by atoms with E-state index in [4.69, 9.17) is 18.7 Å². The minimum absolute atomic E-state index is 0.308. The lowest BCUT2D eigenvalue weighted by Crippen LogP contribution is -2.09. The van der Waals surface area contributed by atoms with Crippen LogP contribution in [0.1, 0.15) is 17.9 Å². The number of methoxy groups -OCH3 is 3. The molecule has 0 amide bonds. The summed E-state index contributed by atoms with van der Waals surface area (Å²) < 4.78 is 38.4. The second-order valence-corrected chi connectivity index (χ2v) is 9.37. The molecule has 5 rings (SSSR count). The van der Waals surface area contributed by atoms with E-state index in [9.17, 15) is 4.21 Å². The van der Waals surface area contributed by atoms with Gasteiger partial charge in [0.25, 0.3) is 0 Å². The van der Waals surface area contributed by atoms with Gasteiger partial charge in [-0.3, -0.25) is 4.72 Å². The van der Waals surface area contributed by atoms with Crippen molar-refractivity contribution in [3.63, 3.8) is 0 Å². The highest BCUT2D eigenvalue weighted by Crippen LogP contribution is 2.41. The van der Waals surface area contributed by atoms with Crippen LogP contribution in [0.25, 0.3) is 22.1 Å². The van der Waals surface area contributed by atoms with Crippen LogP contribution in [0.5, 0.6) is 17.2 Å². The second-order valence-electron chi connectivity index (χ2n) is 8.22. The molecule has 0 radical (unpaired) electrons. The van der Waals surface area contributed by atoms with E-state index in [1.165, 1.54) is 19.8 Å². The number of hydrogen-bond acceptors (Lipinski definition) is 7. The van der Waals surface area contributed by atoms with Crippen LogP contribution in [0.2, 0.25) is 0 Å². The van der Waals surface area contributed by atoms with E-state index >= 15 is 0 Å². The minimum atomic E-state index is -1.73. The van der Waals surface area contributed by atoms with Crippen LogP contribution >= 0.6 is 0 Å². The highest BCUT2D eigenvalue weighted by atomic mass is 32.2. The summed E-state index contributed by atoms with van der Waals surface area (Å²) in [6.45, 7) is 1.98. The molecule has 0 spiro atoms. The lowest BCUT2D eigenvalue weighted by Gasteiger charge is -2.16. The maximum Gasteiger partial charge on any atom is 0.193 e. The largest absolute Gasteiger partial charge is 0.496 e. The Hall–Kier alpha value is -3.56. The Kier molecular flexibility index (Phi) is 6.61. The summed E-state index contributed by atoms with van der Waals surface area (Å²) in [7, 11) is 2.90. The number of nitrogens with zero attached hydrogens (tertiary/aromatic N) is 1. The van der Waals surface area contributed by atoms with E-state index < -0.39 is 11.0 Å². The Morgan fingerprint density at radius 1 is 1.00 bits per heavy atom. The van der Waals surface area contributed by atoms with E-state index in [2.05, 4.69) is 33.4 Å². The predicted molar refractivity (Wildman–Crippen MR) is 136 cm³/mol. The molecule has 1 fully saturated rings. The molecule has 1 saturated heterocycles. The van der Waals surface area contributed by atoms with Gasteiger partial charge in [0.1, 0.15) is 27.5 Å². The van der Waals surface area contributed by atoms with Gasteiger partial charge in [0, 0.05) is 6.54 Å². The van der Waals surface area contributed by atoms with Crippen molar-refractivity contribution in [3.8, 4) is 28.4 Å². The molecule has 8 nitrogen and oxygen atoms in total. The maximum absolute atomic E-state index is 13.3. The summed E-state index contributed by atoms with van der Waals surface area (Å²) in [5, 5.41) is 8.22. The van der Waals surface area contributed by atoms with Gasteiger partial charge in [-0.25, -0.2) is 4.21 Å². The van der Waals surface area contributed by atoms with Crippen molar-refractivity contribution in [2.24, 2.45) is 0 Å². The Morgan fingerprint density at radius 3 is 2.43 bits per heavy atom. The molecule has 35 heavy (non-hydrogen) atoms. The number of hydrogen-bond donors (Lipinski definition) is 2. The summed E-state index contributed by atoms with van der Waals surface area (Å²) in [5.74, 6) is 2.22. The minimum Gasteiger partial charge on any atom is -0.496 e. The smallest absolute Gasteiger partial charge is 0.193 e. The summed E-state index contributed by atoms with van der Waals surface area (Å²) in [6, 6.07) is 17.6. The van der Waals surface area contributed by atoms with Crippen LogP contribution in [0.15, 0.2) is 64.0 Å². The molecule has 182 valence electrons. The highest BCUT2D eigenvalue weighted by molar-refractivity contribution is 7.86. The topological polar surface area (TPSA) is 94.9 Å². The quantitative estimate of drug-likeness (QED) is 0.366. The Bertz CT molecular complexity index is 1360. The third-order valence-corrected chi connectivity index (χ3v) is 7.44. The SMILES string of the molecule is COc1cccc(OC)c1S(=O)Nc1noc2cc(-c3ccccc3C3CCNC3)cc(OC)c12. The van der Waals surface area contributed by atoms with Crippen molar-refractivity contribution in [3.05, 3.63) is 60.2 Å². The van der Waals surface area contributed by atoms with Crippen molar-refractivity contribution >= 4 is 27.8 Å². The second kappa shape index (κ2) is 9.97. The van der Waals surface area contributed by atoms with E-state index in [1.54, 1.807) is 25.3 Å². The fourth-order valence-electron chi connectivity index (χ4n) is 4.60. The lowest BCUT2D eigenvalue weighted by molar-refractivity contribution is 0.375. The number of rotatable bonds is 8. The molecule has 3 aromatic carbocycles. The number of anilines is 1. The zero-order chi connectivity index (χ0) is 24.4. The van der Waals surface area contributed by atoms with E-state index in [0.29, 0.717) is 44.8 Å². The number of aromatic nitrogens is 1. The fraction of sp³-hybridized carbons (Fsp3) is 0.269. The number of ether oxygens (including phenoxy) is 3. The Morgan fingerprint density at radius 2 is 1.74 bits per heavy atom. The molecule has 2 heterocycles. The summed E-state index contributed by atoms with van der Waals surface area (Å²) in [5.41, 5.74) is 3.94. The van der Waals surface area contributed by atoms with Crippen LogP contribution in [-0.2, 0) is 11.0 Å². The number of fused-ring (bicyclic) bond motifs is 1. The van der Waals surface area contributed by atoms with Gasteiger partial charge in [0.2, 0.25) is 0 Å². The average Bonchev–Trinajstić information content (AvgIpc) is 3.58. The van der Waals surface area contributed by atoms with Crippen molar-refractivity contribution in [2.75, 3.05) is 39.1 Å². The first kappa shape index (κ1) is 23.2. The normalized spacial score (nSPS) is 16.3. The zero-order valence-electron chi connectivity index (χ0n) is 19.8. The van der Waals surface area contributed by atoms with Gasteiger partial charge in [-0.15, -0.1) is 0 Å². The lowest BCUT2D eigenvalue weighted by atomic mass is 9.89. The third kappa shape index (κ3) is 4.33. The zero-order valence-corrected chi connectivity index (χ0v) is 20.6. The molecule has 1 aliphatic rings. The molecule has 9 heteroatoms. The van der Waals surface area contributed by atoms with Crippen molar-refractivity contribution in [2.45, 2.75) is 17.2 Å². The molecule has 4 aromatic rings. The van der Waals surface area contributed by atoms with Gasteiger partial charge in [-0.05, 0) is 59.8 Å². The predicted octanol–water partition coefficient (Wildman–Crippen LogP) is 4.73. The average molecular weight is 494 g/mol. The van der Waals surface area contributed by atoms with Gasteiger partial charge < -0.3 is 24.1 Å². The van der Waals surface area contributed by atoms with E-state index in [-0.39, 0.29) is 0 Å². The summed E-state index contributed by atoms with van der Waals surface area (Å²) in [4.78, 5) is 0.378. The van der Waals surface area contributed by atoms with Crippen LogP contribution in [0.3, 0.4) is 0 Å². The molecular formula is C26H27N3O5S. The van der Waals surface area contributed by atoms with Crippen molar-refractivity contribution < 1.29 is 22.9 Å². The van der Waals surface area contributed by atoms with Gasteiger partial charge in [-0.1, -0.05) is 35.5 Å². The van der Waals surface area contributed by atoms with Gasteiger partial charge in [0.15, 0.2) is 22.4 Å². The van der Waals surface area contributed by atoms with Gasteiger partial charge >= 0.3 is 0 Å². The molecular weight excluding hydrogens is 466 g/mol. The molecule has 2 unspecified atom stereocenters. The molecule has 0 aliphatic carbocycles. The third-order valence-electron chi connectivity index (χ3n) is 6.29. The first-order valence-corrected chi connectivity index (χ1v) is 12.5.